The molecule has 5 heteroatoms. The molecule has 246 valence electrons. The Bertz CT molecular complexity index is 2800. The van der Waals surface area contributed by atoms with Gasteiger partial charge in [-0.15, -0.1) is 0 Å². The Hall–Kier alpha value is -6.87. The topological polar surface area (TPSA) is 81.2 Å². The highest BCUT2D eigenvalue weighted by Gasteiger charge is 2.30. The van der Waals surface area contributed by atoms with Crippen LogP contribution in [0.15, 0.2) is 121 Å². The third-order valence-electron chi connectivity index (χ3n) is 11.0. The van der Waals surface area contributed by atoms with Crippen LogP contribution in [0.4, 0.5) is 0 Å². The number of nitriles is 3. The molecule has 0 amide bonds. The molecule has 2 aliphatic rings. The van der Waals surface area contributed by atoms with E-state index in [9.17, 15) is 15.8 Å². The van der Waals surface area contributed by atoms with Crippen molar-refractivity contribution < 1.29 is 0 Å². The molecule has 9 rings (SSSR count). The van der Waals surface area contributed by atoms with E-state index < -0.39 is 0 Å². The zero-order valence-electron chi connectivity index (χ0n) is 28.9. The van der Waals surface area contributed by atoms with Gasteiger partial charge in [-0.3, -0.25) is 0 Å². The molecule has 2 aromatic heterocycles. The minimum Gasteiger partial charge on any atom is -0.311 e. The summed E-state index contributed by atoms with van der Waals surface area (Å²) in [5, 5.41) is 33.2. The van der Waals surface area contributed by atoms with Gasteiger partial charge in [-0.1, -0.05) is 105 Å². The van der Waals surface area contributed by atoms with Gasteiger partial charge in [0.2, 0.25) is 0 Å². The molecule has 0 aliphatic heterocycles. The first-order chi connectivity index (χ1) is 25.5. The highest BCUT2D eigenvalue weighted by Crippen LogP contribution is 2.44. The Labute approximate surface area is 302 Å². The van der Waals surface area contributed by atoms with Gasteiger partial charge < -0.3 is 9.13 Å². The number of hydrogen-bond donors (Lipinski definition) is 0. The lowest BCUT2D eigenvalue weighted by Gasteiger charge is -2.22. The number of rotatable bonds is 4. The van der Waals surface area contributed by atoms with E-state index in [1.807, 2.05) is 54.6 Å². The van der Waals surface area contributed by atoms with Gasteiger partial charge in [0.25, 0.3) is 0 Å². The maximum atomic E-state index is 10.5. The molecule has 0 bridgehead atoms. The van der Waals surface area contributed by atoms with Gasteiger partial charge in [0.1, 0.15) is 6.07 Å². The van der Waals surface area contributed by atoms with E-state index in [0.29, 0.717) is 17.0 Å². The van der Waals surface area contributed by atoms with Crippen LogP contribution in [0.5, 0.6) is 0 Å². The normalized spacial score (nSPS) is 17.3. The Morgan fingerprint density at radius 3 is 2.10 bits per heavy atom. The lowest BCUT2D eigenvalue weighted by Crippen LogP contribution is -2.11. The van der Waals surface area contributed by atoms with Gasteiger partial charge in [0, 0.05) is 39.4 Å². The first-order valence-corrected chi connectivity index (χ1v) is 17.7. The fourth-order valence-corrected chi connectivity index (χ4v) is 8.55. The second kappa shape index (κ2) is 12.2. The summed E-state index contributed by atoms with van der Waals surface area (Å²) in [4.78, 5) is 0. The van der Waals surface area contributed by atoms with Crippen LogP contribution in [0.2, 0.25) is 0 Å². The molecule has 0 saturated heterocycles. The summed E-state index contributed by atoms with van der Waals surface area (Å²) >= 11 is 0. The predicted octanol–water partition coefficient (Wildman–Crippen LogP) is 11.4. The summed E-state index contributed by atoms with van der Waals surface area (Å²) in [7, 11) is 0. The Balaban J connectivity index is 1.16. The summed E-state index contributed by atoms with van der Waals surface area (Å²) < 4.78 is 4.55. The largest absolute Gasteiger partial charge is 0.311 e. The van der Waals surface area contributed by atoms with Crippen LogP contribution < -0.4 is 0 Å². The first kappa shape index (κ1) is 31.1. The molecule has 0 N–H and O–H groups in total. The van der Waals surface area contributed by atoms with Crippen LogP contribution in [0.1, 0.15) is 65.7 Å². The third-order valence-corrected chi connectivity index (χ3v) is 11.0. The number of para-hydroxylation sites is 3. The van der Waals surface area contributed by atoms with Crippen LogP contribution in [0.3, 0.4) is 0 Å². The zero-order chi connectivity index (χ0) is 35.5. The molecular weight excluding hydrogens is 635 g/mol. The van der Waals surface area contributed by atoms with Crippen molar-refractivity contribution in [1.29, 1.82) is 15.8 Å². The summed E-state index contributed by atoms with van der Waals surface area (Å²) in [6.45, 7) is 4.37. The SMILES string of the molecule is CC1CC=Cc2c1n(-c1ccc(-c3ccc(-c4ccccc4-n4c5c(c6ccccc64)C(C)C(C#N)C=C5)cc3C#N)cc1C#N)c1ccccc21. The fourth-order valence-electron chi connectivity index (χ4n) is 8.55. The molecule has 0 fully saturated rings. The van der Waals surface area contributed by atoms with E-state index in [0.717, 1.165) is 62.2 Å². The average Bonchev–Trinajstić information content (AvgIpc) is 3.72. The maximum absolute atomic E-state index is 10.5. The van der Waals surface area contributed by atoms with Crippen molar-refractivity contribution in [1.82, 2.24) is 9.13 Å². The quantitative estimate of drug-likeness (QED) is 0.187. The summed E-state index contributed by atoms with van der Waals surface area (Å²) in [6.07, 6.45) is 9.50. The number of nitrogens with zero attached hydrogens (tertiary/aromatic N) is 5. The lowest BCUT2D eigenvalue weighted by atomic mass is 9.83. The van der Waals surface area contributed by atoms with Crippen LogP contribution in [-0.2, 0) is 0 Å². The molecule has 0 spiro atoms. The summed E-state index contributed by atoms with van der Waals surface area (Å²) in [5.41, 5.74) is 13.4. The minimum atomic E-state index is -0.183. The van der Waals surface area contributed by atoms with E-state index in [-0.39, 0.29) is 11.8 Å². The number of hydrogen-bond acceptors (Lipinski definition) is 3. The molecule has 2 heterocycles. The Kier molecular flexibility index (Phi) is 7.29. The monoisotopic (exact) mass is 667 g/mol. The number of benzene rings is 5. The van der Waals surface area contributed by atoms with Crippen molar-refractivity contribution >= 4 is 34.0 Å². The van der Waals surface area contributed by atoms with Crippen LogP contribution in [0.25, 0.3) is 67.6 Å². The van der Waals surface area contributed by atoms with Crippen molar-refractivity contribution in [2.75, 3.05) is 0 Å². The second-order valence-electron chi connectivity index (χ2n) is 13.9. The Morgan fingerprint density at radius 1 is 0.635 bits per heavy atom. The molecule has 2 aliphatic carbocycles. The van der Waals surface area contributed by atoms with Crippen LogP contribution in [0, 0.1) is 39.9 Å². The fraction of sp³-hybridized carbons (Fsp3) is 0.128. The lowest BCUT2D eigenvalue weighted by molar-refractivity contribution is 0.654. The van der Waals surface area contributed by atoms with Gasteiger partial charge in [-0.25, -0.2) is 0 Å². The molecule has 5 nitrogen and oxygen atoms in total. The van der Waals surface area contributed by atoms with E-state index in [1.54, 1.807) is 0 Å². The number of fused-ring (bicyclic) bond motifs is 6. The molecule has 0 saturated carbocycles. The minimum absolute atomic E-state index is 0.0550. The highest BCUT2D eigenvalue weighted by atomic mass is 15.0. The molecule has 3 unspecified atom stereocenters. The molecule has 52 heavy (non-hydrogen) atoms. The van der Waals surface area contributed by atoms with Crippen molar-refractivity contribution in [3.8, 4) is 51.8 Å². The Morgan fingerprint density at radius 2 is 1.31 bits per heavy atom. The van der Waals surface area contributed by atoms with Crippen molar-refractivity contribution in [2.24, 2.45) is 5.92 Å². The van der Waals surface area contributed by atoms with Crippen LogP contribution >= 0.6 is 0 Å². The molecule has 3 atom stereocenters. The van der Waals surface area contributed by atoms with Gasteiger partial charge in [-0.05, 0) is 71.1 Å². The van der Waals surface area contributed by atoms with Gasteiger partial charge >= 0.3 is 0 Å². The van der Waals surface area contributed by atoms with Crippen molar-refractivity contribution in [3.05, 3.63) is 155 Å². The van der Waals surface area contributed by atoms with E-state index in [2.05, 4.69) is 120 Å². The number of allylic oxidation sites excluding steroid dienone is 2. The third kappa shape index (κ3) is 4.59. The van der Waals surface area contributed by atoms with Gasteiger partial charge in [0.05, 0.1) is 57.3 Å². The van der Waals surface area contributed by atoms with E-state index in [1.165, 1.54) is 22.2 Å². The number of aromatic nitrogens is 2. The smallest absolute Gasteiger partial charge is 0.101 e. The molecule has 7 aromatic rings. The standard InChI is InChI=1S/C47H33N5/c1-29-10-9-14-39-38-12-4-7-16-43(38)52(47(29)39)41-22-19-31(25-35(41)28-50)36-21-18-32(24-34(36)27-49)37-11-3-6-15-42(37)51-44-17-8-5-13-40(44)46-30(2)33(26-48)20-23-45(46)51/h3-9,11-25,29-30,33H,10H2,1-2H3. The van der Waals surface area contributed by atoms with Crippen molar-refractivity contribution in [3.63, 3.8) is 0 Å². The van der Waals surface area contributed by atoms with E-state index >= 15 is 0 Å². The maximum Gasteiger partial charge on any atom is 0.101 e. The second-order valence-corrected chi connectivity index (χ2v) is 13.9. The van der Waals surface area contributed by atoms with Gasteiger partial charge in [0.15, 0.2) is 0 Å². The summed E-state index contributed by atoms with van der Waals surface area (Å²) in [6, 6.07) is 44.5. The van der Waals surface area contributed by atoms with Crippen LogP contribution in [-0.4, -0.2) is 9.13 Å². The summed E-state index contributed by atoms with van der Waals surface area (Å²) in [5.74, 6) is 0.180. The molecule has 5 aromatic carbocycles. The first-order valence-electron chi connectivity index (χ1n) is 17.7. The molecule has 0 radical (unpaired) electrons. The zero-order valence-corrected chi connectivity index (χ0v) is 28.9. The predicted molar refractivity (Wildman–Crippen MR) is 209 cm³/mol. The average molecular weight is 668 g/mol. The van der Waals surface area contributed by atoms with Gasteiger partial charge in [-0.2, -0.15) is 15.8 Å². The highest BCUT2D eigenvalue weighted by molar-refractivity contribution is 5.95. The molecular formula is C47H33N5. The van der Waals surface area contributed by atoms with Crippen molar-refractivity contribution in [2.45, 2.75) is 32.1 Å². The van der Waals surface area contributed by atoms with E-state index in [4.69, 9.17) is 0 Å².